The van der Waals surface area contributed by atoms with Crippen LogP contribution >= 0.6 is 11.6 Å². The lowest BCUT2D eigenvalue weighted by Crippen LogP contribution is -2.61. The van der Waals surface area contributed by atoms with Crippen LogP contribution in [0.5, 0.6) is 0 Å². The molecule has 4 fully saturated rings. The number of hydrogen-bond donors (Lipinski definition) is 1. The number of amides is 1. The second-order valence-corrected chi connectivity index (χ2v) is 8.43. The van der Waals surface area contributed by atoms with E-state index in [1.54, 1.807) is 19.1 Å². The molecule has 5 nitrogen and oxygen atoms in total. The summed E-state index contributed by atoms with van der Waals surface area (Å²) in [5.41, 5.74) is 0.0944. The van der Waals surface area contributed by atoms with Crippen LogP contribution in [0.2, 0.25) is 5.15 Å². The van der Waals surface area contributed by atoms with Gasteiger partial charge in [0.2, 0.25) is 0 Å². The van der Waals surface area contributed by atoms with E-state index >= 15 is 0 Å². The van der Waals surface area contributed by atoms with Crippen LogP contribution in [0.1, 0.15) is 55.8 Å². The molecule has 5 rings (SSSR count). The van der Waals surface area contributed by atoms with Gasteiger partial charge in [0.1, 0.15) is 5.15 Å². The average Bonchev–Trinajstić information content (AvgIpc) is 2.53. The number of ether oxygens (including phenoxy) is 1. The lowest BCUT2D eigenvalue weighted by Gasteiger charge is -2.57. The predicted octanol–water partition coefficient (Wildman–Crippen LogP) is 3.37. The third kappa shape index (κ3) is 3.26. The Labute approximate surface area is 152 Å². The summed E-state index contributed by atoms with van der Waals surface area (Å²) in [6.45, 7) is 1.61. The molecule has 4 saturated carbocycles. The lowest BCUT2D eigenvalue weighted by molar-refractivity contribution is -0.134. The first-order chi connectivity index (χ1) is 11.9. The van der Waals surface area contributed by atoms with Crippen molar-refractivity contribution in [2.45, 2.75) is 57.1 Å². The lowest BCUT2D eigenvalue weighted by atomic mass is 9.53. The molecule has 25 heavy (non-hydrogen) atoms. The topological polar surface area (TPSA) is 68.3 Å². The van der Waals surface area contributed by atoms with Gasteiger partial charge in [0.05, 0.1) is 5.56 Å². The minimum Gasteiger partial charge on any atom is -0.449 e. The molecule has 0 aromatic carbocycles. The summed E-state index contributed by atoms with van der Waals surface area (Å²) in [5.74, 6) is 1.41. The highest BCUT2D eigenvalue weighted by atomic mass is 35.5. The smallest absolute Gasteiger partial charge is 0.342 e. The van der Waals surface area contributed by atoms with E-state index in [1.807, 2.05) is 0 Å². The summed E-state index contributed by atoms with van der Waals surface area (Å²) in [6, 6.07) is 3.16. The van der Waals surface area contributed by atoms with Crippen molar-refractivity contribution in [2.24, 2.45) is 17.8 Å². The van der Waals surface area contributed by atoms with Crippen molar-refractivity contribution in [3.05, 3.63) is 29.0 Å². The zero-order valence-corrected chi connectivity index (χ0v) is 15.1. The van der Waals surface area contributed by atoms with Crippen LogP contribution in [0, 0.1) is 17.8 Å². The molecule has 4 bridgehead atoms. The van der Waals surface area contributed by atoms with E-state index in [0.29, 0.717) is 0 Å². The maximum absolute atomic E-state index is 12.6. The molecule has 4 aliphatic carbocycles. The summed E-state index contributed by atoms with van der Waals surface area (Å²) in [4.78, 5) is 28.7. The number of nitrogens with zero attached hydrogens (tertiary/aromatic N) is 1. The molecular formula is C19H23ClN2O3. The molecule has 1 amide bonds. The molecule has 0 spiro atoms. The van der Waals surface area contributed by atoms with Gasteiger partial charge in [0, 0.05) is 11.7 Å². The van der Waals surface area contributed by atoms with Gasteiger partial charge in [-0.2, -0.15) is 0 Å². The van der Waals surface area contributed by atoms with E-state index in [1.165, 1.54) is 25.5 Å². The molecule has 0 saturated heterocycles. The number of esters is 1. The fourth-order valence-electron chi connectivity index (χ4n) is 5.44. The fraction of sp³-hybridized carbons (Fsp3) is 0.632. The zero-order chi connectivity index (χ0) is 17.6. The molecular weight excluding hydrogens is 340 g/mol. The van der Waals surface area contributed by atoms with Crippen LogP contribution in [0.15, 0.2) is 18.3 Å². The Hall–Kier alpha value is -1.62. The van der Waals surface area contributed by atoms with E-state index in [9.17, 15) is 9.59 Å². The predicted molar refractivity (Wildman–Crippen MR) is 93.2 cm³/mol. The number of nitrogens with one attached hydrogen (secondary N) is 1. The van der Waals surface area contributed by atoms with Gasteiger partial charge in [-0.1, -0.05) is 11.6 Å². The highest BCUT2D eigenvalue weighted by Crippen LogP contribution is 2.55. The second kappa shape index (κ2) is 6.27. The quantitative estimate of drug-likeness (QED) is 0.658. The molecule has 0 unspecified atom stereocenters. The summed E-state index contributed by atoms with van der Waals surface area (Å²) in [7, 11) is 0. The summed E-state index contributed by atoms with van der Waals surface area (Å²) >= 11 is 5.91. The van der Waals surface area contributed by atoms with Crippen LogP contribution in [-0.2, 0) is 9.53 Å². The van der Waals surface area contributed by atoms with Gasteiger partial charge in [-0.3, -0.25) is 4.79 Å². The number of pyridine rings is 1. The third-order valence-corrected chi connectivity index (χ3v) is 6.36. The third-order valence-electron chi connectivity index (χ3n) is 6.06. The van der Waals surface area contributed by atoms with Gasteiger partial charge < -0.3 is 10.1 Å². The first-order valence-corrected chi connectivity index (χ1v) is 9.45. The molecule has 4 aliphatic rings. The van der Waals surface area contributed by atoms with Crippen molar-refractivity contribution in [3.8, 4) is 0 Å². The highest BCUT2D eigenvalue weighted by molar-refractivity contribution is 6.32. The van der Waals surface area contributed by atoms with Crippen LogP contribution in [0.25, 0.3) is 0 Å². The number of rotatable bonds is 4. The summed E-state index contributed by atoms with van der Waals surface area (Å²) in [6.07, 6.45) is 7.82. The first kappa shape index (κ1) is 16.8. The normalized spacial score (nSPS) is 33.8. The highest BCUT2D eigenvalue weighted by Gasteiger charge is 2.51. The number of halogens is 1. The minimum absolute atomic E-state index is 0.0844. The van der Waals surface area contributed by atoms with Gasteiger partial charge in [0.15, 0.2) is 6.10 Å². The van der Waals surface area contributed by atoms with Crippen LogP contribution in [-0.4, -0.2) is 28.5 Å². The van der Waals surface area contributed by atoms with Crippen molar-refractivity contribution >= 4 is 23.5 Å². The Morgan fingerprint density at radius 1 is 1.24 bits per heavy atom. The van der Waals surface area contributed by atoms with E-state index < -0.39 is 12.1 Å². The Morgan fingerprint density at radius 3 is 2.40 bits per heavy atom. The summed E-state index contributed by atoms with van der Waals surface area (Å²) in [5, 5.41) is 3.32. The molecule has 6 heteroatoms. The zero-order valence-electron chi connectivity index (χ0n) is 14.3. The van der Waals surface area contributed by atoms with E-state index in [2.05, 4.69) is 10.3 Å². The molecule has 134 valence electrons. The molecule has 1 N–H and O–H groups in total. The Kier molecular flexibility index (Phi) is 4.22. The van der Waals surface area contributed by atoms with E-state index in [0.717, 1.165) is 37.0 Å². The van der Waals surface area contributed by atoms with Gasteiger partial charge in [-0.05, 0) is 75.3 Å². The number of carbonyl (C=O) groups excluding carboxylic acids is 2. The largest absolute Gasteiger partial charge is 0.449 e. The van der Waals surface area contributed by atoms with Gasteiger partial charge in [0.25, 0.3) is 5.91 Å². The monoisotopic (exact) mass is 362 g/mol. The number of carbonyl (C=O) groups is 2. The maximum Gasteiger partial charge on any atom is 0.342 e. The average molecular weight is 363 g/mol. The first-order valence-electron chi connectivity index (χ1n) is 9.08. The molecule has 1 aromatic heterocycles. The number of aromatic nitrogens is 1. The Morgan fingerprint density at radius 2 is 1.84 bits per heavy atom. The Balaban J connectivity index is 1.40. The maximum atomic E-state index is 12.6. The second-order valence-electron chi connectivity index (χ2n) is 8.08. The molecule has 0 radical (unpaired) electrons. The van der Waals surface area contributed by atoms with Crippen molar-refractivity contribution in [3.63, 3.8) is 0 Å². The van der Waals surface area contributed by atoms with Crippen molar-refractivity contribution in [1.82, 2.24) is 10.3 Å². The molecule has 0 aliphatic heterocycles. The SMILES string of the molecule is C[C@H](OC(=O)c1cccnc1Cl)C(=O)NC12CC3CC(CC(C3)C1)C2. The van der Waals surface area contributed by atoms with Gasteiger partial charge >= 0.3 is 5.97 Å². The summed E-state index contributed by atoms with van der Waals surface area (Å²) < 4.78 is 5.32. The Bertz CT molecular complexity index is 670. The van der Waals surface area contributed by atoms with E-state index in [-0.39, 0.29) is 22.2 Å². The van der Waals surface area contributed by atoms with Crippen molar-refractivity contribution in [2.75, 3.05) is 0 Å². The van der Waals surface area contributed by atoms with E-state index in [4.69, 9.17) is 16.3 Å². The fourth-order valence-corrected chi connectivity index (χ4v) is 5.64. The minimum atomic E-state index is -0.850. The van der Waals surface area contributed by atoms with Crippen molar-refractivity contribution in [1.29, 1.82) is 0 Å². The van der Waals surface area contributed by atoms with Crippen molar-refractivity contribution < 1.29 is 14.3 Å². The standard InChI is InChI=1S/C19H23ClN2O3/c1-11(25-18(24)15-3-2-4-21-16(15)20)17(23)22-19-8-12-5-13(9-19)7-14(6-12)10-19/h2-4,11-14H,5-10H2,1H3,(H,22,23)/t11-,12?,13?,14?,19?/m0/s1. The van der Waals surface area contributed by atoms with Gasteiger partial charge in [-0.25, -0.2) is 9.78 Å². The van der Waals surface area contributed by atoms with Crippen LogP contribution < -0.4 is 5.32 Å². The molecule has 1 atom stereocenters. The molecule has 1 heterocycles. The number of hydrogen-bond acceptors (Lipinski definition) is 4. The molecule has 1 aromatic rings. The van der Waals surface area contributed by atoms with Gasteiger partial charge in [-0.15, -0.1) is 0 Å². The van der Waals surface area contributed by atoms with Crippen LogP contribution in [0.4, 0.5) is 0 Å². The van der Waals surface area contributed by atoms with Crippen LogP contribution in [0.3, 0.4) is 0 Å².